The topological polar surface area (TPSA) is 71.1 Å². The van der Waals surface area contributed by atoms with Crippen LogP contribution in [0.1, 0.15) is 13.8 Å². The maximum atomic E-state index is 11.7. The third kappa shape index (κ3) is 3.62. The van der Waals surface area contributed by atoms with Crippen molar-refractivity contribution in [2.45, 2.75) is 13.8 Å². The van der Waals surface area contributed by atoms with Crippen LogP contribution in [0.15, 0.2) is 48.5 Å². The van der Waals surface area contributed by atoms with Gasteiger partial charge in [0.25, 0.3) is 0 Å². The molecule has 0 fully saturated rings. The smallest absolute Gasteiger partial charge is 0.308 e. The average molecular weight is 380 g/mol. The molecule has 3 aromatic rings. The molecule has 0 amide bonds. The van der Waals surface area contributed by atoms with Crippen molar-refractivity contribution in [1.29, 1.82) is 0 Å². The van der Waals surface area contributed by atoms with Gasteiger partial charge in [-0.25, -0.2) is 0 Å². The Bertz CT molecular complexity index is 1040. The summed E-state index contributed by atoms with van der Waals surface area (Å²) in [5.74, 6) is -0.255. The van der Waals surface area contributed by atoms with Crippen LogP contribution in [0.2, 0.25) is 0 Å². The van der Waals surface area contributed by atoms with Gasteiger partial charge in [-0.05, 0) is 23.3 Å². The third-order valence-corrected chi connectivity index (χ3v) is 4.13. The number of esters is 2. The number of carbonyl (C=O) groups is 2. The Labute approximate surface area is 162 Å². The number of hydrogen-bond acceptors (Lipinski definition) is 6. The van der Waals surface area contributed by atoms with E-state index < -0.39 is 11.9 Å². The second-order valence-electron chi connectivity index (χ2n) is 6.04. The lowest BCUT2D eigenvalue weighted by atomic mass is 9.99. The fourth-order valence-corrected chi connectivity index (χ4v) is 3.05. The summed E-state index contributed by atoms with van der Waals surface area (Å²) >= 11 is 0. The Kier molecular flexibility index (Phi) is 5.49. The van der Waals surface area contributed by atoms with E-state index in [1.54, 1.807) is 6.07 Å². The van der Waals surface area contributed by atoms with Crippen molar-refractivity contribution < 1.29 is 28.5 Å². The normalized spacial score (nSPS) is 10.4. The van der Waals surface area contributed by atoms with Crippen LogP contribution in [-0.4, -0.2) is 26.2 Å². The van der Waals surface area contributed by atoms with Gasteiger partial charge in [0.15, 0.2) is 11.5 Å². The van der Waals surface area contributed by atoms with Crippen LogP contribution in [0.3, 0.4) is 0 Å². The molecular weight excluding hydrogens is 360 g/mol. The lowest BCUT2D eigenvalue weighted by Gasteiger charge is -2.19. The number of methoxy groups -OCH3 is 2. The molecule has 144 valence electrons. The first kappa shape index (κ1) is 19.2. The maximum Gasteiger partial charge on any atom is 0.308 e. The summed E-state index contributed by atoms with van der Waals surface area (Å²) in [6, 6.07) is 15.3. The summed E-state index contributed by atoms with van der Waals surface area (Å²) in [4.78, 5) is 23.4. The van der Waals surface area contributed by atoms with E-state index in [1.165, 1.54) is 28.1 Å². The van der Waals surface area contributed by atoms with E-state index in [0.29, 0.717) is 10.8 Å². The molecule has 0 N–H and O–H groups in total. The first-order valence-corrected chi connectivity index (χ1v) is 8.60. The monoisotopic (exact) mass is 380 g/mol. The van der Waals surface area contributed by atoms with Crippen molar-refractivity contribution >= 4 is 22.7 Å². The Morgan fingerprint density at radius 1 is 0.643 bits per heavy atom. The molecule has 0 atom stereocenters. The number of fused-ring (bicyclic) bond motifs is 1. The minimum Gasteiger partial charge on any atom is -0.490 e. The van der Waals surface area contributed by atoms with E-state index >= 15 is 0 Å². The molecule has 0 bridgehead atoms. The van der Waals surface area contributed by atoms with E-state index in [2.05, 4.69) is 0 Å². The molecular formula is C22H20O6. The predicted molar refractivity (Wildman–Crippen MR) is 105 cm³/mol. The molecule has 6 heteroatoms. The summed E-state index contributed by atoms with van der Waals surface area (Å²) in [6.45, 7) is 2.61. The lowest BCUT2D eigenvalue weighted by Crippen LogP contribution is -2.08. The third-order valence-electron chi connectivity index (χ3n) is 4.13. The second-order valence-corrected chi connectivity index (χ2v) is 6.04. The van der Waals surface area contributed by atoms with Gasteiger partial charge in [0, 0.05) is 24.6 Å². The van der Waals surface area contributed by atoms with Crippen molar-refractivity contribution in [1.82, 2.24) is 0 Å². The number of hydrogen-bond donors (Lipinski definition) is 0. The number of benzene rings is 3. The van der Waals surface area contributed by atoms with Crippen LogP contribution in [0.4, 0.5) is 0 Å². The minimum absolute atomic E-state index is 0.173. The van der Waals surface area contributed by atoms with Gasteiger partial charge in [0.2, 0.25) is 11.5 Å². The zero-order valence-electron chi connectivity index (χ0n) is 16.1. The Morgan fingerprint density at radius 3 is 1.68 bits per heavy atom. The van der Waals surface area contributed by atoms with Crippen molar-refractivity contribution in [2.75, 3.05) is 14.2 Å². The lowest BCUT2D eigenvalue weighted by molar-refractivity contribution is -0.133. The Morgan fingerprint density at radius 2 is 1.18 bits per heavy atom. The minimum atomic E-state index is -0.507. The van der Waals surface area contributed by atoms with Crippen molar-refractivity contribution in [3.05, 3.63) is 48.5 Å². The first-order chi connectivity index (χ1) is 13.5. The molecule has 0 aromatic heterocycles. The Balaban J connectivity index is 2.39. The van der Waals surface area contributed by atoms with E-state index in [0.717, 1.165) is 11.1 Å². The molecule has 0 aliphatic rings. The van der Waals surface area contributed by atoms with Crippen molar-refractivity contribution in [3.8, 4) is 34.1 Å². The van der Waals surface area contributed by atoms with Crippen LogP contribution >= 0.6 is 0 Å². The number of rotatable bonds is 5. The van der Waals surface area contributed by atoms with Gasteiger partial charge < -0.3 is 18.9 Å². The van der Waals surface area contributed by atoms with E-state index in [-0.39, 0.29) is 23.0 Å². The molecule has 0 radical (unpaired) electrons. The quantitative estimate of drug-likeness (QED) is 0.483. The average Bonchev–Trinajstić information content (AvgIpc) is 2.69. The Hall–Kier alpha value is -3.54. The highest BCUT2D eigenvalue weighted by Crippen LogP contribution is 2.51. The zero-order chi connectivity index (χ0) is 20.3. The molecule has 0 aliphatic carbocycles. The van der Waals surface area contributed by atoms with Gasteiger partial charge in [-0.1, -0.05) is 36.4 Å². The van der Waals surface area contributed by atoms with Crippen molar-refractivity contribution in [3.63, 3.8) is 0 Å². The number of ether oxygens (including phenoxy) is 4. The predicted octanol–water partition coefficient (Wildman–Crippen LogP) is 4.37. The number of carbonyl (C=O) groups excluding carboxylic acids is 2. The zero-order valence-corrected chi connectivity index (χ0v) is 16.1. The van der Waals surface area contributed by atoms with E-state index in [1.807, 2.05) is 42.5 Å². The summed E-state index contributed by atoms with van der Waals surface area (Å²) in [5.41, 5.74) is 1.89. The van der Waals surface area contributed by atoms with Gasteiger partial charge in [-0.2, -0.15) is 0 Å². The van der Waals surface area contributed by atoms with Crippen LogP contribution in [0.25, 0.3) is 21.9 Å². The van der Waals surface area contributed by atoms with Gasteiger partial charge in [-0.3, -0.25) is 9.59 Å². The van der Waals surface area contributed by atoms with Crippen molar-refractivity contribution in [2.24, 2.45) is 0 Å². The maximum absolute atomic E-state index is 11.7. The van der Waals surface area contributed by atoms with Crippen LogP contribution in [0, 0.1) is 0 Å². The molecule has 3 rings (SSSR count). The largest absolute Gasteiger partial charge is 0.490 e. The molecule has 6 nitrogen and oxygen atoms in total. The van der Waals surface area contributed by atoms with E-state index in [4.69, 9.17) is 18.9 Å². The fraction of sp³-hybridized carbons (Fsp3) is 0.182. The molecule has 0 unspecified atom stereocenters. The molecule has 3 aromatic carbocycles. The van der Waals surface area contributed by atoms with Gasteiger partial charge in [0.05, 0.1) is 14.2 Å². The van der Waals surface area contributed by atoms with Crippen LogP contribution in [-0.2, 0) is 9.59 Å². The standard InChI is InChI=1S/C22H20O6/c1-13(23)27-19-17-11-10-16(15-8-6-5-7-9-15)12-18(17)20(28-14(2)24)22(26-4)21(19)25-3/h5-12H,1-4H3. The molecule has 0 saturated heterocycles. The highest BCUT2D eigenvalue weighted by molar-refractivity contribution is 6.02. The summed E-state index contributed by atoms with van der Waals surface area (Å²) < 4.78 is 21.7. The summed E-state index contributed by atoms with van der Waals surface area (Å²) in [6.07, 6.45) is 0. The second kappa shape index (κ2) is 8.00. The van der Waals surface area contributed by atoms with Gasteiger partial charge >= 0.3 is 11.9 Å². The highest BCUT2D eigenvalue weighted by Gasteiger charge is 2.26. The first-order valence-electron chi connectivity index (χ1n) is 8.60. The van der Waals surface area contributed by atoms with Gasteiger partial charge in [0.1, 0.15) is 0 Å². The summed E-state index contributed by atoms with van der Waals surface area (Å²) in [5, 5.41) is 1.12. The molecule has 0 heterocycles. The van der Waals surface area contributed by atoms with Crippen LogP contribution in [0.5, 0.6) is 23.0 Å². The fourth-order valence-electron chi connectivity index (χ4n) is 3.05. The molecule has 28 heavy (non-hydrogen) atoms. The van der Waals surface area contributed by atoms with Gasteiger partial charge in [-0.15, -0.1) is 0 Å². The van der Waals surface area contributed by atoms with E-state index in [9.17, 15) is 9.59 Å². The molecule has 0 aliphatic heterocycles. The molecule has 0 saturated carbocycles. The summed E-state index contributed by atoms with van der Waals surface area (Å²) in [7, 11) is 2.85. The SMILES string of the molecule is COc1c(OC)c(OC(C)=O)c2cc(-c3ccccc3)ccc2c1OC(C)=O. The van der Waals surface area contributed by atoms with Crippen LogP contribution < -0.4 is 18.9 Å². The highest BCUT2D eigenvalue weighted by atomic mass is 16.6. The molecule has 0 spiro atoms.